The van der Waals surface area contributed by atoms with Crippen LogP contribution in [0.25, 0.3) is 5.57 Å². The van der Waals surface area contributed by atoms with Crippen molar-refractivity contribution in [3.05, 3.63) is 71.3 Å². The molecule has 0 spiro atoms. The maximum absolute atomic E-state index is 13.0. The van der Waals surface area contributed by atoms with Crippen molar-refractivity contribution in [1.82, 2.24) is 4.90 Å². The highest BCUT2D eigenvalue weighted by Gasteiger charge is 2.40. The minimum absolute atomic E-state index is 0.229. The number of unbranched alkanes of at least 4 members (excludes halogenated alkanes) is 1. The number of amides is 1. The summed E-state index contributed by atoms with van der Waals surface area (Å²) in [6, 6.07) is 9.50. The Bertz CT molecular complexity index is 844. The van der Waals surface area contributed by atoms with Gasteiger partial charge in [-0.25, -0.2) is 4.79 Å². The third kappa shape index (κ3) is 3.80. The van der Waals surface area contributed by atoms with Gasteiger partial charge in [0.05, 0.1) is 24.1 Å². The second kappa shape index (κ2) is 8.67. The van der Waals surface area contributed by atoms with Crippen LogP contribution in [-0.4, -0.2) is 36.1 Å². The van der Waals surface area contributed by atoms with E-state index >= 15 is 0 Å². The van der Waals surface area contributed by atoms with Gasteiger partial charge in [0.2, 0.25) is 0 Å². The van der Waals surface area contributed by atoms with E-state index in [1.54, 1.807) is 19.2 Å². The van der Waals surface area contributed by atoms with Crippen LogP contribution >= 0.6 is 0 Å². The topological polar surface area (TPSA) is 55.8 Å². The summed E-state index contributed by atoms with van der Waals surface area (Å²) in [6.07, 6.45) is 6.29. The second-order valence-electron chi connectivity index (χ2n) is 6.25. The van der Waals surface area contributed by atoms with E-state index in [2.05, 4.69) is 6.92 Å². The maximum atomic E-state index is 13.0. The minimum atomic E-state index is -0.980. The van der Waals surface area contributed by atoms with E-state index in [4.69, 9.17) is 9.47 Å². The standard InChI is InChI=1S/C22H23NO4/c1-3-5-13-27-17-11-12-19-20(16-9-7-6-8-10-16)18(15-24)21(26-4-2)22(25)23(19)14-17/h6-12,14,21H,3-5,13H2,1-2H3. The molecule has 0 saturated carbocycles. The van der Waals surface area contributed by atoms with Gasteiger partial charge >= 0.3 is 0 Å². The number of rotatable bonds is 7. The van der Waals surface area contributed by atoms with Crippen LogP contribution in [0.4, 0.5) is 0 Å². The Kier molecular flexibility index (Phi) is 6.07. The molecule has 140 valence electrons. The van der Waals surface area contributed by atoms with E-state index in [9.17, 15) is 9.59 Å². The Morgan fingerprint density at radius 3 is 2.59 bits per heavy atom. The number of carbonyl (C=O) groups is 1. The highest BCUT2D eigenvalue weighted by molar-refractivity contribution is 6.05. The third-order valence-electron chi connectivity index (χ3n) is 4.44. The van der Waals surface area contributed by atoms with Gasteiger partial charge in [-0.3, -0.25) is 9.69 Å². The molecule has 27 heavy (non-hydrogen) atoms. The average molecular weight is 365 g/mol. The van der Waals surface area contributed by atoms with Crippen LogP contribution in [0.5, 0.6) is 0 Å². The molecule has 1 aromatic carbocycles. The van der Waals surface area contributed by atoms with Gasteiger partial charge in [-0.2, -0.15) is 0 Å². The summed E-state index contributed by atoms with van der Waals surface area (Å²) in [5, 5.41) is 0. The van der Waals surface area contributed by atoms with E-state index in [1.165, 1.54) is 4.90 Å². The molecule has 0 fully saturated rings. The van der Waals surface area contributed by atoms with Crippen LogP contribution in [0.15, 0.2) is 65.7 Å². The summed E-state index contributed by atoms with van der Waals surface area (Å²) in [7, 11) is 0. The monoisotopic (exact) mass is 365 g/mol. The van der Waals surface area contributed by atoms with Gasteiger partial charge in [0.15, 0.2) is 6.10 Å². The molecular weight excluding hydrogens is 342 g/mol. The van der Waals surface area contributed by atoms with Crippen molar-refractivity contribution in [3.63, 3.8) is 0 Å². The summed E-state index contributed by atoms with van der Waals surface area (Å²) >= 11 is 0. The average Bonchev–Trinajstić information content (AvgIpc) is 2.71. The molecular formula is C22H23NO4. The Morgan fingerprint density at radius 1 is 1.15 bits per heavy atom. The zero-order chi connectivity index (χ0) is 19.2. The van der Waals surface area contributed by atoms with Gasteiger partial charge < -0.3 is 9.47 Å². The number of allylic oxidation sites excluding steroid dienone is 2. The van der Waals surface area contributed by atoms with E-state index in [0.717, 1.165) is 18.4 Å². The molecule has 0 aromatic heterocycles. The predicted molar refractivity (Wildman–Crippen MR) is 103 cm³/mol. The molecule has 0 saturated heterocycles. The molecule has 2 heterocycles. The second-order valence-corrected chi connectivity index (χ2v) is 6.25. The smallest absolute Gasteiger partial charge is 0.265 e. The van der Waals surface area contributed by atoms with Gasteiger partial charge in [0.1, 0.15) is 11.7 Å². The molecule has 1 amide bonds. The summed E-state index contributed by atoms with van der Waals surface area (Å²) in [5.41, 5.74) is 2.35. The van der Waals surface area contributed by atoms with E-state index in [0.29, 0.717) is 30.2 Å². The van der Waals surface area contributed by atoms with E-state index in [1.807, 2.05) is 42.3 Å². The van der Waals surface area contributed by atoms with E-state index in [-0.39, 0.29) is 11.5 Å². The van der Waals surface area contributed by atoms with Crippen molar-refractivity contribution >= 4 is 17.4 Å². The summed E-state index contributed by atoms with van der Waals surface area (Å²) < 4.78 is 11.4. The number of carbonyl (C=O) groups excluding carboxylic acids is 2. The first-order valence-electron chi connectivity index (χ1n) is 9.23. The molecule has 1 unspecified atom stereocenters. The molecule has 1 atom stereocenters. The SMILES string of the molecule is CCCCOC1=CN2C(=O)C(OCC)C(=C=O)C(c3ccccc3)=C2C=C1. The molecule has 3 rings (SSSR count). The summed E-state index contributed by atoms with van der Waals surface area (Å²) in [4.78, 5) is 26.3. The zero-order valence-electron chi connectivity index (χ0n) is 15.6. The van der Waals surface area contributed by atoms with Gasteiger partial charge in [-0.05, 0) is 31.1 Å². The number of ether oxygens (including phenoxy) is 2. The lowest BCUT2D eigenvalue weighted by atomic mass is 9.88. The first-order chi connectivity index (χ1) is 13.2. The fourth-order valence-electron chi connectivity index (χ4n) is 3.14. The Morgan fingerprint density at radius 2 is 1.93 bits per heavy atom. The van der Waals surface area contributed by atoms with Gasteiger partial charge in [0, 0.05) is 12.2 Å². The fraction of sp³-hybridized carbons (Fsp3) is 0.318. The molecule has 0 bridgehead atoms. The number of nitrogens with zero attached hydrogens (tertiary/aromatic N) is 1. The zero-order valence-corrected chi connectivity index (χ0v) is 15.6. The van der Waals surface area contributed by atoms with Crippen molar-refractivity contribution in [2.24, 2.45) is 0 Å². The Hall–Kier alpha value is -2.88. The summed E-state index contributed by atoms with van der Waals surface area (Å²) in [5.74, 6) is 2.25. The van der Waals surface area contributed by atoms with Crippen LogP contribution in [0.1, 0.15) is 32.3 Å². The van der Waals surface area contributed by atoms with Crippen LogP contribution < -0.4 is 0 Å². The van der Waals surface area contributed by atoms with Crippen LogP contribution in [0.2, 0.25) is 0 Å². The molecule has 0 radical (unpaired) electrons. The lowest BCUT2D eigenvalue weighted by molar-refractivity contribution is -0.137. The lowest BCUT2D eigenvalue weighted by Crippen LogP contribution is -2.43. The largest absolute Gasteiger partial charge is 0.492 e. The lowest BCUT2D eigenvalue weighted by Gasteiger charge is -2.35. The Labute approximate surface area is 159 Å². The van der Waals surface area contributed by atoms with Crippen LogP contribution in [0, 0.1) is 0 Å². The molecule has 5 heteroatoms. The van der Waals surface area contributed by atoms with Gasteiger partial charge in [0.25, 0.3) is 5.91 Å². The Balaban J connectivity index is 2.09. The minimum Gasteiger partial charge on any atom is -0.492 e. The van der Waals surface area contributed by atoms with Gasteiger partial charge in [-0.1, -0.05) is 43.7 Å². The third-order valence-corrected chi connectivity index (χ3v) is 4.44. The number of hydrogen-bond acceptors (Lipinski definition) is 4. The van der Waals surface area contributed by atoms with Crippen molar-refractivity contribution in [3.8, 4) is 0 Å². The molecule has 2 aliphatic rings. The predicted octanol–water partition coefficient (Wildman–Crippen LogP) is 3.63. The molecule has 1 aromatic rings. The highest BCUT2D eigenvalue weighted by atomic mass is 16.5. The van der Waals surface area contributed by atoms with Crippen LogP contribution in [-0.2, 0) is 19.1 Å². The van der Waals surface area contributed by atoms with E-state index < -0.39 is 6.10 Å². The molecule has 5 nitrogen and oxygen atoms in total. The van der Waals surface area contributed by atoms with Crippen molar-refractivity contribution in [2.75, 3.05) is 13.2 Å². The van der Waals surface area contributed by atoms with Gasteiger partial charge in [-0.15, -0.1) is 0 Å². The quantitative estimate of drug-likeness (QED) is 0.547. The maximum Gasteiger partial charge on any atom is 0.265 e. The molecule has 0 aliphatic carbocycles. The van der Waals surface area contributed by atoms with Crippen molar-refractivity contribution < 1.29 is 19.1 Å². The molecule has 0 N–H and O–H groups in total. The highest BCUT2D eigenvalue weighted by Crippen LogP contribution is 2.38. The normalized spacial score (nSPS) is 19.0. The number of benzene rings is 1. The number of fused-ring (bicyclic) bond motifs is 1. The van der Waals surface area contributed by atoms with Crippen molar-refractivity contribution in [1.29, 1.82) is 0 Å². The van der Waals surface area contributed by atoms with Crippen molar-refractivity contribution in [2.45, 2.75) is 32.8 Å². The number of hydrogen-bond donors (Lipinski definition) is 0. The fourth-order valence-corrected chi connectivity index (χ4v) is 3.14. The first kappa shape index (κ1) is 18.9. The van der Waals surface area contributed by atoms with Crippen LogP contribution in [0.3, 0.4) is 0 Å². The summed E-state index contributed by atoms with van der Waals surface area (Å²) in [6.45, 7) is 4.79. The first-order valence-corrected chi connectivity index (χ1v) is 9.23. The molecule has 2 aliphatic heterocycles.